The number of carbonyl (C=O) groups excluding carboxylic acids is 1. The van der Waals surface area contributed by atoms with E-state index in [-0.39, 0.29) is 22.0 Å². The molecule has 18 heavy (non-hydrogen) atoms. The Labute approximate surface area is 112 Å². The van der Waals surface area contributed by atoms with Crippen LogP contribution in [0.2, 0.25) is 0 Å². The maximum atomic E-state index is 11.8. The first-order valence-electron chi connectivity index (χ1n) is 5.39. The molecule has 1 aromatic rings. The number of amides is 1. The van der Waals surface area contributed by atoms with E-state index in [0.29, 0.717) is 18.7 Å². The second kappa shape index (κ2) is 4.97. The highest BCUT2D eigenvalue weighted by molar-refractivity contribution is 9.09. The summed E-state index contributed by atoms with van der Waals surface area (Å²) in [7, 11) is 1.41. The number of anilines is 1. The third-order valence-corrected chi connectivity index (χ3v) is 3.42. The predicted molar refractivity (Wildman–Crippen MR) is 69.6 cm³/mol. The van der Waals surface area contributed by atoms with Gasteiger partial charge < -0.3 is 14.7 Å². The first-order chi connectivity index (χ1) is 8.54. The molecule has 0 aliphatic carbocycles. The van der Waals surface area contributed by atoms with Crippen LogP contribution in [0.15, 0.2) is 18.2 Å². The quantitative estimate of drug-likeness (QED) is 0.865. The first-order valence-corrected chi connectivity index (χ1v) is 6.31. The standard InChI is InChI=1S/C12H12BrNO4/c1-18-9-4-2-3-8(11(9)12(16)17)14-6-7(13)5-10(14)15/h2-4,7H,5-6H2,1H3,(H,16,17). The number of carbonyl (C=O) groups is 2. The van der Waals surface area contributed by atoms with Crippen LogP contribution in [0.4, 0.5) is 5.69 Å². The number of alkyl halides is 1. The summed E-state index contributed by atoms with van der Waals surface area (Å²) in [4.78, 5) is 24.7. The van der Waals surface area contributed by atoms with Crippen LogP contribution in [0.3, 0.4) is 0 Å². The Balaban J connectivity index is 2.50. The van der Waals surface area contributed by atoms with E-state index in [9.17, 15) is 14.7 Å². The number of hydrogen-bond acceptors (Lipinski definition) is 3. The molecule has 1 aliphatic heterocycles. The molecule has 1 fully saturated rings. The summed E-state index contributed by atoms with van der Waals surface area (Å²) >= 11 is 3.37. The van der Waals surface area contributed by atoms with Crippen LogP contribution in [0.25, 0.3) is 0 Å². The van der Waals surface area contributed by atoms with Gasteiger partial charge in [-0.05, 0) is 12.1 Å². The van der Waals surface area contributed by atoms with Crippen molar-refractivity contribution in [1.82, 2.24) is 0 Å². The Hall–Kier alpha value is -1.56. The lowest BCUT2D eigenvalue weighted by Gasteiger charge is -2.19. The zero-order valence-electron chi connectivity index (χ0n) is 9.72. The molecule has 0 radical (unpaired) electrons. The normalized spacial score (nSPS) is 19.1. The highest BCUT2D eigenvalue weighted by Gasteiger charge is 2.32. The van der Waals surface area contributed by atoms with Crippen molar-refractivity contribution >= 4 is 33.5 Å². The number of methoxy groups -OCH3 is 1. The molecule has 6 heteroatoms. The zero-order valence-corrected chi connectivity index (χ0v) is 11.3. The van der Waals surface area contributed by atoms with Gasteiger partial charge >= 0.3 is 5.97 Å². The number of carboxylic acid groups (broad SMARTS) is 1. The molecule has 1 unspecified atom stereocenters. The van der Waals surface area contributed by atoms with Gasteiger partial charge in [0.05, 0.1) is 12.8 Å². The predicted octanol–water partition coefficient (Wildman–Crippen LogP) is 1.89. The lowest BCUT2D eigenvalue weighted by molar-refractivity contribution is -0.117. The molecule has 0 spiro atoms. The summed E-state index contributed by atoms with van der Waals surface area (Å²) in [6, 6.07) is 4.86. The lowest BCUT2D eigenvalue weighted by atomic mass is 10.1. The molecule has 0 aromatic heterocycles. The number of ether oxygens (including phenoxy) is 1. The minimum atomic E-state index is -1.10. The van der Waals surface area contributed by atoms with Crippen LogP contribution < -0.4 is 9.64 Å². The summed E-state index contributed by atoms with van der Waals surface area (Å²) in [6.45, 7) is 0.465. The number of nitrogens with zero attached hydrogens (tertiary/aromatic N) is 1. The van der Waals surface area contributed by atoms with Crippen molar-refractivity contribution < 1.29 is 19.4 Å². The highest BCUT2D eigenvalue weighted by atomic mass is 79.9. The van der Waals surface area contributed by atoms with Crippen LogP contribution in [-0.4, -0.2) is 35.5 Å². The summed E-state index contributed by atoms with van der Waals surface area (Å²) in [6.07, 6.45) is 0.371. The highest BCUT2D eigenvalue weighted by Crippen LogP contribution is 2.33. The largest absolute Gasteiger partial charge is 0.496 e. The summed E-state index contributed by atoms with van der Waals surface area (Å²) in [5.74, 6) is -0.938. The van der Waals surface area contributed by atoms with E-state index in [2.05, 4.69) is 15.9 Å². The lowest BCUT2D eigenvalue weighted by Crippen LogP contribution is -2.26. The molecule has 5 nitrogen and oxygen atoms in total. The topological polar surface area (TPSA) is 66.8 Å². The second-order valence-corrected chi connectivity index (χ2v) is 5.26. The molecule has 1 saturated heterocycles. The molecule has 1 heterocycles. The van der Waals surface area contributed by atoms with E-state index in [1.807, 2.05) is 0 Å². The summed E-state index contributed by atoms with van der Waals surface area (Å²) in [5.41, 5.74) is 0.406. The molecular weight excluding hydrogens is 302 g/mol. The van der Waals surface area contributed by atoms with Crippen LogP contribution in [0.1, 0.15) is 16.8 Å². The van der Waals surface area contributed by atoms with E-state index in [1.165, 1.54) is 12.0 Å². The fraction of sp³-hybridized carbons (Fsp3) is 0.333. The van der Waals surface area contributed by atoms with Gasteiger partial charge in [-0.1, -0.05) is 22.0 Å². The van der Waals surface area contributed by atoms with Crippen LogP contribution in [-0.2, 0) is 4.79 Å². The van der Waals surface area contributed by atoms with Crippen molar-refractivity contribution in [2.45, 2.75) is 11.2 Å². The van der Waals surface area contributed by atoms with Gasteiger partial charge in [0.15, 0.2) is 0 Å². The molecule has 1 N–H and O–H groups in total. The van der Waals surface area contributed by atoms with Gasteiger partial charge in [0.1, 0.15) is 11.3 Å². The monoisotopic (exact) mass is 313 g/mol. The number of aromatic carboxylic acids is 1. The van der Waals surface area contributed by atoms with Crippen LogP contribution in [0.5, 0.6) is 5.75 Å². The summed E-state index contributed by atoms with van der Waals surface area (Å²) in [5, 5.41) is 9.26. The number of carboxylic acids is 1. The molecule has 1 aromatic carbocycles. The average molecular weight is 314 g/mol. The van der Waals surface area contributed by atoms with Crippen molar-refractivity contribution in [3.05, 3.63) is 23.8 Å². The minimum absolute atomic E-state index is 0.0231. The van der Waals surface area contributed by atoms with E-state index in [4.69, 9.17) is 4.74 Å². The fourth-order valence-corrected chi connectivity index (χ4v) is 2.59. The van der Waals surface area contributed by atoms with E-state index in [1.54, 1.807) is 18.2 Å². The SMILES string of the molecule is COc1cccc(N2CC(Br)CC2=O)c1C(=O)O. The third kappa shape index (κ3) is 2.20. The van der Waals surface area contributed by atoms with E-state index in [0.717, 1.165) is 0 Å². The van der Waals surface area contributed by atoms with Crippen molar-refractivity contribution in [3.8, 4) is 5.75 Å². The second-order valence-electron chi connectivity index (χ2n) is 3.97. The first kappa shape index (κ1) is 12.9. The number of rotatable bonds is 3. The van der Waals surface area contributed by atoms with Crippen molar-refractivity contribution in [2.75, 3.05) is 18.6 Å². The Morgan fingerprint density at radius 2 is 2.28 bits per heavy atom. The molecule has 2 rings (SSSR count). The molecule has 1 aliphatic rings. The third-order valence-electron chi connectivity index (χ3n) is 2.81. The smallest absolute Gasteiger partial charge is 0.341 e. The number of halogens is 1. The molecular formula is C12H12BrNO4. The van der Waals surface area contributed by atoms with Gasteiger partial charge in [-0.15, -0.1) is 0 Å². The van der Waals surface area contributed by atoms with E-state index >= 15 is 0 Å². The van der Waals surface area contributed by atoms with Gasteiger partial charge in [-0.3, -0.25) is 4.79 Å². The Morgan fingerprint density at radius 3 is 2.78 bits per heavy atom. The van der Waals surface area contributed by atoms with Crippen molar-refractivity contribution in [1.29, 1.82) is 0 Å². The van der Waals surface area contributed by atoms with Crippen molar-refractivity contribution in [3.63, 3.8) is 0 Å². The van der Waals surface area contributed by atoms with Gasteiger partial charge in [-0.2, -0.15) is 0 Å². The Morgan fingerprint density at radius 1 is 1.56 bits per heavy atom. The van der Waals surface area contributed by atoms with Gasteiger partial charge in [0.2, 0.25) is 5.91 Å². The van der Waals surface area contributed by atoms with Gasteiger partial charge in [0, 0.05) is 17.8 Å². The molecule has 1 atom stereocenters. The van der Waals surface area contributed by atoms with Gasteiger partial charge in [-0.25, -0.2) is 4.79 Å². The molecule has 0 bridgehead atoms. The number of benzene rings is 1. The Bertz CT molecular complexity index is 503. The maximum absolute atomic E-state index is 11.8. The fourth-order valence-electron chi connectivity index (χ4n) is 2.03. The maximum Gasteiger partial charge on any atom is 0.341 e. The summed E-state index contributed by atoms with van der Waals surface area (Å²) < 4.78 is 5.04. The van der Waals surface area contributed by atoms with Crippen LogP contribution in [0, 0.1) is 0 Å². The van der Waals surface area contributed by atoms with Crippen molar-refractivity contribution in [2.24, 2.45) is 0 Å². The number of hydrogen-bond donors (Lipinski definition) is 1. The zero-order chi connectivity index (χ0) is 13.3. The molecule has 1 amide bonds. The van der Waals surface area contributed by atoms with Gasteiger partial charge in [0.25, 0.3) is 0 Å². The average Bonchev–Trinajstić information content (AvgIpc) is 2.67. The molecule has 96 valence electrons. The minimum Gasteiger partial charge on any atom is -0.496 e. The van der Waals surface area contributed by atoms with E-state index < -0.39 is 5.97 Å². The molecule has 0 saturated carbocycles. The van der Waals surface area contributed by atoms with Crippen LogP contribution >= 0.6 is 15.9 Å². The Kier molecular flexibility index (Phi) is 3.56.